The van der Waals surface area contributed by atoms with Crippen molar-refractivity contribution in [2.24, 2.45) is 0 Å². The first-order valence-corrected chi connectivity index (χ1v) is 4.64. The molecule has 0 bridgehead atoms. The van der Waals surface area contributed by atoms with Gasteiger partial charge in [-0.15, -0.1) is 11.8 Å². The summed E-state index contributed by atoms with van der Waals surface area (Å²) in [6, 6.07) is 4.09. The zero-order chi connectivity index (χ0) is 8.27. The summed E-state index contributed by atoms with van der Waals surface area (Å²) >= 11 is 1.69. The smallest absolute Gasteiger partial charge is 0.0762 e. The summed E-state index contributed by atoms with van der Waals surface area (Å²) in [5.41, 5.74) is 2.02. The van der Waals surface area contributed by atoms with Crippen molar-refractivity contribution >= 4 is 17.8 Å². The third kappa shape index (κ3) is 1.84. The van der Waals surface area contributed by atoms with Crippen molar-refractivity contribution in [3.05, 3.63) is 30.1 Å². The molecule has 0 atom stereocenters. The molecule has 0 aliphatic carbocycles. The summed E-state index contributed by atoms with van der Waals surface area (Å²) in [4.78, 5) is 5.51. The molecule has 0 aliphatic rings. The minimum Gasteiger partial charge on any atom is -0.253 e. The molecule has 11 heavy (non-hydrogen) atoms. The quantitative estimate of drug-likeness (QED) is 0.625. The average molecular weight is 165 g/mol. The van der Waals surface area contributed by atoms with Crippen LogP contribution in [0.1, 0.15) is 11.4 Å². The standard InChI is InChI=1S/C9H11NS/c1-4-8-9(11-3)6-5-7(2)10-8/h4-6H,1H2,2-3H3. The fourth-order valence-corrected chi connectivity index (χ4v) is 1.43. The highest BCUT2D eigenvalue weighted by Crippen LogP contribution is 2.19. The summed E-state index contributed by atoms with van der Waals surface area (Å²) in [5, 5.41) is 0. The molecule has 0 spiro atoms. The molecule has 1 nitrogen and oxygen atoms in total. The van der Waals surface area contributed by atoms with Crippen LogP contribution in [0.3, 0.4) is 0 Å². The van der Waals surface area contributed by atoms with E-state index in [-0.39, 0.29) is 0 Å². The van der Waals surface area contributed by atoms with Gasteiger partial charge in [0.2, 0.25) is 0 Å². The second kappa shape index (κ2) is 3.58. The predicted octanol–water partition coefficient (Wildman–Crippen LogP) is 2.75. The number of aryl methyl sites for hydroxylation is 1. The molecule has 1 aromatic heterocycles. The highest BCUT2D eigenvalue weighted by Gasteiger charge is 1.97. The number of thioether (sulfide) groups is 1. The number of nitrogens with zero attached hydrogens (tertiary/aromatic N) is 1. The zero-order valence-corrected chi connectivity index (χ0v) is 7.61. The third-order valence-electron chi connectivity index (χ3n) is 1.44. The molecule has 0 unspecified atom stereocenters. The van der Waals surface area contributed by atoms with Gasteiger partial charge < -0.3 is 0 Å². The Morgan fingerprint density at radius 3 is 2.82 bits per heavy atom. The van der Waals surface area contributed by atoms with Crippen molar-refractivity contribution in [1.82, 2.24) is 4.98 Å². The van der Waals surface area contributed by atoms with Gasteiger partial charge in [-0.25, -0.2) is 0 Å². The molecule has 0 saturated carbocycles. The summed E-state index contributed by atoms with van der Waals surface area (Å²) < 4.78 is 0. The zero-order valence-electron chi connectivity index (χ0n) is 6.79. The third-order valence-corrected chi connectivity index (χ3v) is 2.22. The summed E-state index contributed by atoms with van der Waals surface area (Å²) in [6.07, 6.45) is 3.83. The van der Waals surface area contributed by atoms with Crippen LogP contribution in [0, 0.1) is 6.92 Å². The molecule has 1 aromatic rings. The first-order chi connectivity index (χ1) is 5.27. The molecule has 0 N–H and O–H groups in total. The number of pyridine rings is 1. The van der Waals surface area contributed by atoms with E-state index >= 15 is 0 Å². The van der Waals surface area contributed by atoms with E-state index in [4.69, 9.17) is 0 Å². The van der Waals surface area contributed by atoms with Gasteiger partial charge >= 0.3 is 0 Å². The van der Waals surface area contributed by atoms with E-state index in [0.717, 1.165) is 11.4 Å². The van der Waals surface area contributed by atoms with Crippen molar-refractivity contribution < 1.29 is 0 Å². The Hall–Kier alpha value is -0.760. The van der Waals surface area contributed by atoms with Gasteiger partial charge in [0.05, 0.1) is 5.69 Å². The van der Waals surface area contributed by atoms with E-state index in [2.05, 4.69) is 17.6 Å². The van der Waals surface area contributed by atoms with Gasteiger partial charge in [0, 0.05) is 10.6 Å². The van der Waals surface area contributed by atoms with E-state index in [1.807, 2.05) is 19.2 Å². The largest absolute Gasteiger partial charge is 0.253 e. The van der Waals surface area contributed by atoms with Crippen LogP contribution in [-0.4, -0.2) is 11.2 Å². The molecule has 0 radical (unpaired) electrons. The van der Waals surface area contributed by atoms with E-state index < -0.39 is 0 Å². The number of hydrogen-bond acceptors (Lipinski definition) is 2. The van der Waals surface area contributed by atoms with Crippen LogP contribution in [0.5, 0.6) is 0 Å². The minimum atomic E-state index is 0.984. The molecule has 0 amide bonds. The van der Waals surface area contributed by atoms with Crippen molar-refractivity contribution in [1.29, 1.82) is 0 Å². The highest BCUT2D eigenvalue weighted by molar-refractivity contribution is 7.98. The number of hydrogen-bond donors (Lipinski definition) is 0. The van der Waals surface area contributed by atoms with E-state index in [1.165, 1.54) is 4.90 Å². The summed E-state index contributed by atoms with van der Waals surface area (Å²) in [6.45, 7) is 5.69. The maximum Gasteiger partial charge on any atom is 0.0762 e. The SMILES string of the molecule is C=Cc1nc(C)ccc1SC. The van der Waals surface area contributed by atoms with Gasteiger partial charge in [-0.05, 0) is 31.4 Å². The van der Waals surface area contributed by atoms with Crippen molar-refractivity contribution in [3.63, 3.8) is 0 Å². The Labute approximate surface area is 71.5 Å². The Morgan fingerprint density at radius 2 is 2.27 bits per heavy atom. The van der Waals surface area contributed by atoms with Crippen molar-refractivity contribution in [3.8, 4) is 0 Å². The Bertz CT molecular complexity index is 268. The first-order valence-electron chi connectivity index (χ1n) is 3.42. The maximum atomic E-state index is 4.32. The van der Waals surface area contributed by atoms with Gasteiger partial charge in [-0.3, -0.25) is 4.98 Å². The average Bonchev–Trinajstić information content (AvgIpc) is 2.04. The van der Waals surface area contributed by atoms with Crippen LogP contribution in [0.4, 0.5) is 0 Å². The number of aromatic nitrogens is 1. The fourth-order valence-electron chi connectivity index (χ4n) is 0.883. The lowest BCUT2D eigenvalue weighted by Gasteiger charge is -2.01. The van der Waals surface area contributed by atoms with E-state index in [9.17, 15) is 0 Å². The van der Waals surface area contributed by atoms with Crippen LogP contribution in [0.2, 0.25) is 0 Å². The molecule has 0 saturated heterocycles. The van der Waals surface area contributed by atoms with Crippen molar-refractivity contribution in [2.45, 2.75) is 11.8 Å². The molecule has 0 aromatic carbocycles. The lowest BCUT2D eigenvalue weighted by Crippen LogP contribution is -1.87. The molecule has 1 rings (SSSR count). The fraction of sp³-hybridized carbons (Fsp3) is 0.222. The van der Waals surface area contributed by atoms with Gasteiger partial charge in [-0.1, -0.05) is 6.58 Å². The Balaban J connectivity index is 3.16. The highest BCUT2D eigenvalue weighted by atomic mass is 32.2. The van der Waals surface area contributed by atoms with E-state index in [0.29, 0.717) is 0 Å². The molecule has 1 heterocycles. The molecular weight excluding hydrogens is 154 g/mol. The molecule has 0 aliphatic heterocycles. The minimum absolute atomic E-state index is 0.984. The monoisotopic (exact) mass is 165 g/mol. The molecule has 2 heteroatoms. The first kappa shape index (κ1) is 8.34. The van der Waals surface area contributed by atoms with Gasteiger partial charge in [-0.2, -0.15) is 0 Å². The van der Waals surface area contributed by atoms with Crippen LogP contribution in [0.25, 0.3) is 6.08 Å². The lowest BCUT2D eigenvalue weighted by molar-refractivity contribution is 1.13. The van der Waals surface area contributed by atoms with Gasteiger partial charge in [0.25, 0.3) is 0 Å². The maximum absolute atomic E-state index is 4.32. The Kier molecular flexibility index (Phi) is 2.71. The molecular formula is C9H11NS. The molecule has 0 fully saturated rings. The van der Waals surface area contributed by atoms with Crippen LogP contribution >= 0.6 is 11.8 Å². The summed E-state index contributed by atoms with van der Waals surface area (Å²) in [5.74, 6) is 0. The topological polar surface area (TPSA) is 12.9 Å². The normalized spacial score (nSPS) is 9.64. The Morgan fingerprint density at radius 1 is 1.55 bits per heavy atom. The molecule has 58 valence electrons. The van der Waals surface area contributed by atoms with Gasteiger partial charge in [0.15, 0.2) is 0 Å². The van der Waals surface area contributed by atoms with Gasteiger partial charge in [0.1, 0.15) is 0 Å². The lowest BCUT2D eigenvalue weighted by atomic mass is 10.3. The van der Waals surface area contributed by atoms with Crippen molar-refractivity contribution in [2.75, 3.05) is 6.26 Å². The predicted molar refractivity (Wildman–Crippen MR) is 50.8 cm³/mol. The second-order valence-corrected chi connectivity index (χ2v) is 3.09. The number of rotatable bonds is 2. The van der Waals surface area contributed by atoms with E-state index in [1.54, 1.807) is 17.8 Å². The van der Waals surface area contributed by atoms with Crippen LogP contribution < -0.4 is 0 Å². The second-order valence-electron chi connectivity index (χ2n) is 2.24. The van der Waals surface area contributed by atoms with Crippen LogP contribution in [0.15, 0.2) is 23.6 Å². The van der Waals surface area contributed by atoms with Crippen LogP contribution in [-0.2, 0) is 0 Å². The summed E-state index contributed by atoms with van der Waals surface area (Å²) in [7, 11) is 0.